The summed E-state index contributed by atoms with van der Waals surface area (Å²) in [5, 5.41) is 5.65. The number of fused-ring (bicyclic) bond motifs is 2. The van der Waals surface area contributed by atoms with Gasteiger partial charge in [-0.2, -0.15) is 0 Å². The molecule has 32 heavy (non-hydrogen) atoms. The molecule has 6 rings (SSSR count). The van der Waals surface area contributed by atoms with Gasteiger partial charge in [0.2, 0.25) is 0 Å². The minimum absolute atomic E-state index is 0.0479. The Kier molecular flexibility index (Phi) is 4.88. The van der Waals surface area contributed by atoms with E-state index in [4.69, 9.17) is 4.99 Å². The first-order valence-corrected chi connectivity index (χ1v) is 12.4. The van der Waals surface area contributed by atoms with E-state index in [2.05, 4.69) is 90.5 Å². The summed E-state index contributed by atoms with van der Waals surface area (Å²) >= 11 is 5.37. The van der Waals surface area contributed by atoms with Crippen molar-refractivity contribution in [2.24, 2.45) is 4.99 Å². The van der Waals surface area contributed by atoms with Crippen molar-refractivity contribution < 1.29 is 0 Å². The summed E-state index contributed by atoms with van der Waals surface area (Å²) in [5.74, 6) is 1.79. The number of nitrogens with zero attached hydrogens (tertiary/aromatic N) is 3. The summed E-state index contributed by atoms with van der Waals surface area (Å²) in [6, 6.07) is 17.3. The topological polar surface area (TPSA) is 56.3 Å². The van der Waals surface area contributed by atoms with E-state index in [-0.39, 0.29) is 12.1 Å². The maximum atomic E-state index is 5.30. The molecule has 0 saturated carbocycles. The van der Waals surface area contributed by atoms with Crippen molar-refractivity contribution in [2.45, 2.75) is 31.3 Å². The fraction of sp³-hybridized carbons (Fsp3) is 0.200. The predicted octanol–water partition coefficient (Wildman–Crippen LogP) is 6.49. The molecular weight excluding hydrogens is 482 g/mol. The number of benzene rings is 2. The molecule has 2 aromatic heterocycles. The lowest BCUT2D eigenvalue weighted by Gasteiger charge is -2.26. The van der Waals surface area contributed by atoms with Gasteiger partial charge in [-0.1, -0.05) is 30.8 Å². The molecule has 160 valence electrons. The number of aliphatic imine (C=N–C) groups is 1. The summed E-state index contributed by atoms with van der Waals surface area (Å²) in [4.78, 5) is 16.3. The van der Waals surface area contributed by atoms with Crippen LogP contribution in [0.1, 0.15) is 40.9 Å². The standard InChI is InChI=1S/C25H22BrN5S/c1-15-29-25(30-20-8-4-6-16-5-2-3-7-19(16)20)24(23-11-17(26)13-32-23)31(15)18-9-10-21-22(12-18)28-14-27-21/h2-3,5,7,9-14,20,24H,1,4,6,8H2,(H,27,28)(H,29,30). The SMILES string of the molecule is C=C1NC(=NC2CCCc3ccccc32)C(c2cc(Br)cs2)N1c1ccc2nc[nH]c2c1. The third kappa shape index (κ3) is 3.36. The zero-order chi connectivity index (χ0) is 21.7. The summed E-state index contributed by atoms with van der Waals surface area (Å²) in [6.45, 7) is 4.35. The smallest absolute Gasteiger partial charge is 0.131 e. The van der Waals surface area contributed by atoms with Crippen LogP contribution in [-0.2, 0) is 6.42 Å². The van der Waals surface area contributed by atoms with Crippen LogP contribution in [0.2, 0.25) is 0 Å². The van der Waals surface area contributed by atoms with E-state index in [0.717, 1.165) is 52.1 Å². The highest BCUT2D eigenvalue weighted by Crippen LogP contribution is 2.41. The van der Waals surface area contributed by atoms with Gasteiger partial charge in [0, 0.05) is 20.4 Å². The Morgan fingerprint density at radius 1 is 1.19 bits per heavy atom. The second-order valence-electron chi connectivity index (χ2n) is 8.24. The highest BCUT2D eigenvalue weighted by atomic mass is 79.9. The molecule has 1 saturated heterocycles. The zero-order valence-electron chi connectivity index (χ0n) is 17.4. The predicted molar refractivity (Wildman–Crippen MR) is 135 cm³/mol. The van der Waals surface area contributed by atoms with Crippen LogP contribution >= 0.6 is 27.3 Å². The largest absolute Gasteiger partial charge is 0.345 e. The lowest BCUT2D eigenvalue weighted by molar-refractivity contribution is 0.570. The van der Waals surface area contributed by atoms with Crippen LogP contribution < -0.4 is 10.2 Å². The van der Waals surface area contributed by atoms with Gasteiger partial charge in [0.05, 0.1) is 23.4 Å². The number of hydrogen-bond acceptors (Lipinski definition) is 4. The van der Waals surface area contributed by atoms with Crippen LogP contribution in [0.25, 0.3) is 11.0 Å². The number of rotatable bonds is 3. The number of aromatic nitrogens is 2. The summed E-state index contributed by atoms with van der Waals surface area (Å²) in [5.41, 5.74) is 5.79. The van der Waals surface area contributed by atoms with E-state index in [1.165, 1.54) is 16.0 Å². The highest BCUT2D eigenvalue weighted by molar-refractivity contribution is 9.10. The Labute approximate surface area is 199 Å². The molecule has 2 aromatic carbocycles. The number of thiophene rings is 1. The normalized spacial score (nSPS) is 21.8. The van der Waals surface area contributed by atoms with Gasteiger partial charge < -0.3 is 15.2 Å². The van der Waals surface area contributed by atoms with E-state index < -0.39 is 0 Å². The Morgan fingerprint density at radius 2 is 2.09 bits per heavy atom. The van der Waals surface area contributed by atoms with Gasteiger partial charge in [0.1, 0.15) is 17.7 Å². The molecule has 0 radical (unpaired) electrons. The van der Waals surface area contributed by atoms with Crippen molar-refractivity contribution in [1.29, 1.82) is 0 Å². The van der Waals surface area contributed by atoms with Gasteiger partial charge in [0.15, 0.2) is 0 Å². The van der Waals surface area contributed by atoms with Crippen LogP contribution in [0.3, 0.4) is 0 Å². The number of imidazole rings is 1. The van der Waals surface area contributed by atoms with Gasteiger partial charge in [-0.3, -0.25) is 4.99 Å². The second kappa shape index (κ2) is 7.90. The number of aryl methyl sites for hydroxylation is 1. The minimum atomic E-state index is -0.0479. The Morgan fingerprint density at radius 3 is 2.97 bits per heavy atom. The summed E-state index contributed by atoms with van der Waals surface area (Å²) in [6.07, 6.45) is 5.09. The minimum Gasteiger partial charge on any atom is -0.345 e. The van der Waals surface area contributed by atoms with Crippen molar-refractivity contribution in [3.63, 3.8) is 0 Å². The molecule has 3 heterocycles. The van der Waals surface area contributed by atoms with Gasteiger partial charge in [0.25, 0.3) is 0 Å². The highest BCUT2D eigenvalue weighted by Gasteiger charge is 2.37. The third-order valence-electron chi connectivity index (χ3n) is 6.25. The van der Waals surface area contributed by atoms with Crippen LogP contribution in [0.4, 0.5) is 5.69 Å². The first kappa shape index (κ1) is 19.8. The fourth-order valence-corrected chi connectivity index (χ4v) is 6.34. The summed E-state index contributed by atoms with van der Waals surface area (Å²) < 4.78 is 1.08. The number of anilines is 1. The van der Waals surface area contributed by atoms with Crippen molar-refractivity contribution >= 4 is 49.8 Å². The first-order chi connectivity index (χ1) is 15.7. The van der Waals surface area contributed by atoms with E-state index in [1.54, 1.807) is 17.7 Å². The van der Waals surface area contributed by atoms with Crippen LogP contribution in [-0.4, -0.2) is 15.8 Å². The number of nitrogens with one attached hydrogen (secondary N) is 2. The van der Waals surface area contributed by atoms with E-state index >= 15 is 0 Å². The number of aromatic amines is 1. The number of amidine groups is 1. The lowest BCUT2D eigenvalue weighted by Crippen LogP contribution is -2.24. The van der Waals surface area contributed by atoms with E-state index in [1.807, 2.05) is 6.07 Å². The Balaban J connectivity index is 1.45. The van der Waals surface area contributed by atoms with Crippen molar-refractivity contribution in [1.82, 2.24) is 15.3 Å². The van der Waals surface area contributed by atoms with Crippen molar-refractivity contribution in [3.05, 3.63) is 93.1 Å². The number of H-pyrrole nitrogens is 1. The average Bonchev–Trinajstić information content (AvgIpc) is 3.52. The van der Waals surface area contributed by atoms with Gasteiger partial charge in [-0.15, -0.1) is 11.3 Å². The lowest BCUT2D eigenvalue weighted by atomic mass is 9.88. The molecule has 0 amide bonds. The molecule has 2 atom stereocenters. The van der Waals surface area contributed by atoms with E-state index in [9.17, 15) is 0 Å². The Bertz CT molecular complexity index is 1350. The summed E-state index contributed by atoms with van der Waals surface area (Å²) in [7, 11) is 0. The van der Waals surface area contributed by atoms with Crippen LogP contribution in [0.15, 0.2) is 82.1 Å². The maximum Gasteiger partial charge on any atom is 0.131 e. The molecule has 2 unspecified atom stereocenters. The van der Waals surface area contributed by atoms with E-state index in [0.29, 0.717) is 0 Å². The van der Waals surface area contributed by atoms with Crippen molar-refractivity contribution in [2.75, 3.05) is 4.90 Å². The molecule has 4 aromatic rings. The van der Waals surface area contributed by atoms with Crippen LogP contribution in [0, 0.1) is 0 Å². The Hall–Kier alpha value is -2.90. The second-order valence-corrected chi connectivity index (χ2v) is 10.1. The fourth-order valence-electron chi connectivity index (χ4n) is 4.80. The molecule has 1 aliphatic carbocycles. The average molecular weight is 504 g/mol. The molecule has 2 N–H and O–H groups in total. The zero-order valence-corrected chi connectivity index (χ0v) is 19.8. The molecule has 7 heteroatoms. The molecule has 0 spiro atoms. The van der Waals surface area contributed by atoms with Crippen LogP contribution in [0.5, 0.6) is 0 Å². The van der Waals surface area contributed by atoms with Crippen molar-refractivity contribution in [3.8, 4) is 0 Å². The molecular formula is C25H22BrN5S. The van der Waals surface area contributed by atoms with Gasteiger partial charge in [-0.25, -0.2) is 4.98 Å². The van der Waals surface area contributed by atoms with Gasteiger partial charge >= 0.3 is 0 Å². The third-order valence-corrected chi connectivity index (χ3v) is 8.00. The number of hydrogen-bond donors (Lipinski definition) is 2. The molecule has 1 fully saturated rings. The van der Waals surface area contributed by atoms with Gasteiger partial charge in [-0.05, 0) is 70.6 Å². The molecule has 0 bridgehead atoms. The quantitative estimate of drug-likeness (QED) is 0.336. The maximum absolute atomic E-state index is 5.30. The first-order valence-electron chi connectivity index (χ1n) is 10.7. The monoisotopic (exact) mass is 503 g/mol. The molecule has 1 aliphatic heterocycles. The number of halogens is 1. The molecule has 2 aliphatic rings. The molecule has 5 nitrogen and oxygen atoms in total.